The highest BCUT2D eigenvalue weighted by atomic mass is 16.5. The molecule has 0 aliphatic carbocycles. The molecule has 33 heavy (non-hydrogen) atoms. The fraction of sp³-hybridized carbons (Fsp3) is 0.333. The van der Waals surface area contributed by atoms with Crippen molar-refractivity contribution in [1.82, 2.24) is 29.7 Å². The first-order valence-electron chi connectivity index (χ1n) is 11.0. The second kappa shape index (κ2) is 9.03. The van der Waals surface area contributed by atoms with E-state index in [1.165, 1.54) is 6.39 Å². The Morgan fingerprint density at radius 3 is 2.91 bits per heavy atom. The van der Waals surface area contributed by atoms with Gasteiger partial charge in [0.15, 0.2) is 6.39 Å². The van der Waals surface area contributed by atoms with Crippen LogP contribution >= 0.6 is 0 Å². The van der Waals surface area contributed by atoms with Crippen molar-refractivity contribution in [2.75, 3.05) is 26.7 Å². The quantitative estimate of drug-likeness (QED) is 0.501. The molecule has 3 aromatic heterocycles. The van der Waals surface area contributed by atoms with E-state index >= 15 is 0 Å². The van der Waals surface area contributed by atoms with Crippen LogP contribution in [0, 0.1) is 0 Å². The molecule has 9 nitrogen and oxygen atoms in total. The van der Waals surface area contributed by atoms with Crippen molar-refractivity contribution in [3.8, 4) is 17.1 Å². The first kappa shape index (κ1) is 21.1. The Balaban J connectivity index is 1.43. The number of imidazole rings is 1. The topological polar surface area (TPSA) is 100 Å². The number of methoxy groups -OCH3 is 1. The highest BCUT2D eigenvalue weighted by Gasteiger charge is 2.30. The second-order valence-electron chi connectivity index (χ2n) is 8.19. The lowest BCUT2D eigenvalue weighted by Gasteiger charge is -2.27. The number of benzene rings is 1. The number of carbonyl (C=O) groups excluding carboxylic acids is 1. The van der Waals surface area contributed by atoms with E-state index in [1.54, 1.807) is 26.5 Å². The molecule has 1 aliphatic rings. The van der Waals surface area contributed by atoms with E-state index in [4.69, 9.17) is 9.15 Å². The molecular formula is C24H26N6O3. The molecule has 0 radical (unpaired) electrons. The Hall–Kier alpha value is -3.72. The van der Waals surface area contributed by atoms with Gasteiger partial charge in [-0.05, 0) is 18.6 Å². The number of amides is 1. The Bertz CT molecular complexity index is 1250. The summed E-state index contributed by atoms with van der Waals surface area (Å²) in [5.74, 6) is 1.33. The lowest BCUT2D eigenvalue weighted by atomic mass is 10.1. The Labute approximate surface area is 191 Å². The summed E-state index contributed by atoms with van der Waals surface area (Å²) in [6, 6.07) is 9.83. The SMILES string of the molecule is COc1nc2ccccc2cc1-c1cnc(C2CCN(Cc3cocn3)CCN2C(C)=O)[nH]1. The van der Waals surface area contributed by atoms with Crippen molar-refractivity contribution in [1.29, 1.82) is 0 Å². The summed E-state index contributed by atoms with van der Waals surface area (Å²) in [4.78, 5) is 33.6. The van der Waals surface area contributed by atoms with Gasteiger partial charge in [0.05, 0.1) is 41.8 Å². The van der Waals surface area contributed by atoms with Gasteiger partial charge in [-0.3, -0.25) is 9.69 Å². The zero-order chi connectivity index (χ0) is 22.8. The van der Waals surface area contributed by atoms with E-state index < -0.39 is 0 Å². The second-order valence-corrected chi connectivity index (χ2v) is 8.19. The molecule has 5 rings (SSSR count). The molecular weight excluding hydrogens is 420 g/mol. The standard InChI is InChI=1S/C24H26N6O3/c1-16(31)30-10-9-29(13-18-14-33-15-26-18)8-7-22(30)23-25-12-21(27-23)19-11-17-5-3-4-6-20(17)28-24(19)32-2/h3-6,11-12,14-15,22H,7-10,13H2,1-2H3,(H,25,27). The van der Waals surface area contributed by atoms with Gasteiger partial charge in [-0.2, -0.15) is 0 Å². The van der Waals surface area contributed by atoms with Gasteiger partial charge in [0, 0.05) is 38.5 Å². The number of hydrogen-bond acceptors (Lipinski definition) is 7. The van der Waals surface area contributed by atoms with Crippen LogP contribution in [0.15, 0.2) is 53.6 Å². The number of hydrogen-bond donors (Lipinski definition) is 1. The van der Waals surface area contributed by atoms with Crippen LogP contribution < -0.4 is 4.74 Å². The van der Waals surface area contributed by atoms with E-state index in [-0.39, 0.29) is 11.9 Å². The number of rotatable bonds is 5. The van der Waals surface area contributed by atoms with E-state index in [1.807, 2.05) is 35.2 Å². The van der Waals surface area contributed by atoms with Gasteiger partial charge in [0.1, 0.15) is 12.1 Å². The van der Waals surface area contributed by atoms with Gasteiger partial charge in [-0.1, -0.05) is 18.2 Å². The third kappa shape index (κ3) is 4.31. The predicted molar refractivity (Wildman–Crippen MR) is 122 cm³/mol. The minimum absolute atomic E-state index is 0.0335. The minimum Gasteiger partial charge on any atom is -0.480 e. The van der Waals surface area contributed by atoms with E-state index in [9.17, 15) is 4.79 Å². The predicted octanol–water partition coefficient (Wildman–Crippen LogP) is 3.42. The summed E-state index contributed by atoms with van der Waals surface area (Å²) in [7, 11) is 1.62. The summed E-state index contributed by atoms with van der Waals surface area (Å²) in [5.41, 5.74) is 3.41. The highest BCUT2D eigenvalue weighted by molar-refractivity contribution is 5.85. The number of nitrogens with one attached hydrogen (secondary N) is 1. The Kier molecular flexibility index (Phi) is 5.78. The molecule has 1 amide bonds. The van der Waals surface area contributed by atoms with E-state index in [2.05, 4.69) is 24.8 Å². The molecule has 1 aliphatic heterocycles. The summed E-state index contributed by atoms with van der Waals surface area (Å²) in [6.07, 6.45) is 5.66. The smallest absolute Gasteiger partial charge is 0.223 e. The van der Waals surface area contributed by atoms with Crippen LogP contribution in [-0.2, 0) is 11.3 Å². The molecule has 0 saturated carbocycles. The molecule has 1 atom stereocenters. The van der Waals surface area contributed by atoms with Crippen LogP contribution in [0.5, 0.6) is 5.88 Å². The molecule has 9 heteroatoms. The maximum atomic E-state index is 12.5. The fourth-order valence-electron chi connectivity index (χ4n) is 4.43. The van der Waals surface area contributed by atoms with Gasteiger partial charge >= 0.3 is 0 Å². The fourth-order valence-corrected chi connectivity index (χ4v) is 4.43. The van der Waals surface area contributed by atoms with Crippen LogP contribution in [0.25, 0.3) is 22.2 Å². The number of carbonyl (C=O) groups is 1. The molecule has 0 bridgehead atoms. The third-order valence-electron chi connectivity index (χ3n) is 6.11. The number of nitrogens with zero attached hydrogens (tertiary/aromatic N) is 5. The zero-order valence-electron chi connectivity index (χ0n) is 18.7. The largest absolute Gasteiger partial charge is 0.480 e. The van der Waals surface area contributed by atoms with Crippen molar-refractivity contribution in [2.45, 2.75) is 25.9 Å². The van der Waals surface area contributed by atoms with Gasteiger partial charge < -0.3 is 19.0 Å². The summed E-state index contributed by atoms with van der Waals surface area (Å²) >= 11 is 0. The van der Waals surface area contributed by atoms with Crippen LogP contribution in [0.3, 0.4) is 0 Å². The maximum absolute atomic E-state index is 12.5. The molecule has 1 fully saturated rings. The average Bonchev–Trinajstić information content (AvgIpc) is 3.47. The van der Waals surface area contributed by atoms with E-state index in [0.717, 1.165) is 53.2 Å². The van der Waals surface area contributed by atoms with Gasteiger partial charge in [0.25, 0.3) is 0 Å². The molecule has 1 N–H and O–H groups in total. The van der Waals surface area contributed by atoms with Crippen molar-refractivity contribution < 1.29 is 13.9 Å². The normalized spacial score (nSPS) is 17.3. The van der Waals surface area contributed by atoms with E-state index in [0.29, 0.717) is 19.0 Å². The number of para-hydroxylation sites is 1. The number of ether oxygens (including phenoxy) is 1. The molecule has 1 aromatic carbocycles. The van der Waals surface area contributed by atoms with Gasteiger partial charge in [-0.25, -0.2) is 15.0 Å². The number of aromatic nitrogens is 4. The molecule has 0 spiro atoms. The zero-order valence-corrected chi connectivity index (χ0v) is 18.7. The number of fused-ring (bicyclic) bond motifs is 1. The lowest BCUT2D eigenvalue weighted by Crippen LogP contribution is -2.35. The van der Waals surface area contributed by atoms with Crippen molar-refractivity contribution in [3.63, 3.8) is 0 Å². The first-order chi connectivity index (χ1) is 16.1. The summed E-state index contributed by atoms with van der Waals surface area (Å²) in [6.45, 7) is 4.50. The third-order valence-corrected chi connectivity index (χ3v) is 6.11. The number of aromatic amines is 1. The van der Waals surface area contributed by atoms with Gasteiger partial charge in [0.2, 0.25) is 11.8 Å². The summed E-state index contributed by atoms with van der Waals surface area (Å²) < 4.78 is 10.7. The van der Waals surface area contributed by atoms with Crippen LogP contribution in [-0.4, -0.2) is 62.4 Å². The van der Waals surface area contributed by atoms with Crippen molar-refractivity contribution in [3.05, 3.63) is 60.7 Å². The average molecular weight is 447 g/mol. The Morgan fingerprint density at radius 2 is 2.12 bits per heavy atom. The highest BCUT2D eigenvalue weighted by Crippen LogP contribution is 2.33. The minimum atomic E-state index is -0.141. The Morgan fingerprint density at radius 1 is 1.24 bits per heavy atom. The van der Waals surface area contributed by atoms with Crippen LogP contribution in [0.2, 0.25) is 0 Å². The van der Waals surface area contributed by atoms with Crippen LogP contribution in [0.1, 0.15) is 30.9 Å². The molecule has 1 saturated heterocycles. The number of oxazole rings is 1. The molecule has 4 aromatic rings. The number of pyridine rings is 1. The maximum Gasteiger partial charge on any atom is 0.223 e. The number of H-pyrrole nitrogens is 1. The summed E-state index contributed by atoms with van der Waals surface area (Å²) in [5, 5.41) is 1.02. The molecule has 1 unspecified atom stereocenters. The molecule has 170 valence electrons. The monoisotopic (exact) mass is 446 g/mol. The van der Waals surface area contributed by atoms with Crippen LogP contribution in [0.4, 0.5) is 0 Å². The molecule has 4 heterocycles. The van der Waals surface area contributed by atoms with Crippen molar-refractivity contribution in [2.24, 2.45) is 0 Å². The first-order valence-corrected chi connectivity index (χ1v) is 11.0. The van der Waals surface area contributed by atoms with Gasteiger partial charge in [-0.15, -0.1) is 0 Å². The lowest BCUT2D eigenvalue weighted by molar-refractivity contribution is -0.131. The van der Waals surface area contributed by atoms with Crippen molar-refractivity contribution >= 4 is 16.8 Å².